The molecule has 4 heterocycles. The first kappa shape index (κ1) is 14.8. The van der Waals surface area contributed by atoms with Gasteiger partial charge in [0.25, 0.3) is 5.91 Å². The molecule has 3 aromatic rings. The standard InChI is InChI=1S/C16H18N6O2/c1-10-7-21(8-13-19-20-14(9-24-2)22(10)13)16(23)12-6-11-4-3-5-17-15(11)18-12/h3-6,10H,7-9H2,1-2H3,(H,17,18)/t10-/m0/s1. The molecule has 0 aromatic carbocycles. The predicted octanol–water partition coefficient (Wildman–Crippen LogP) is 1.52. The van der Waals surface area contributed by atoms with Crippen molar-refractivity contribution in [1.29, 1.82) is 0 Å². The molecule has 0 aliphatic carbocycles. The Morgan fingerprint density at radius 2 is 2.33 bits per heavy atom. The second-order valence-corrected chi connectivity index (χ2v) is 5.99. The van der Waals surface area contributed by atoms with Crippen LogP contribution < -0.4 is 0 Å². The molecule has 1 aliphatic heterocycles. The van der Waals surface area contributed by atoms with E-state index in [9.17, 15) is 4.79 Å². The van der Waals surface area contributed by atoms with E-state index in [0.717, 1.165) is 22.7 Å². The maximum Gasteiger partial charge on any atom is 0.270 e. The second kappa shape index (κ2) is 5.72. The Morgan fingerprint density at radius 3 is 3.12 bits per heavy atom. The quantitative estimate of drug-likeness (QED) is 0.788. The molecule has 24 heavy (non-hydrogen) atoms. The van der Waals surface area contributed by atoms with Crippen LogP contribution in [-0.2, 0) is 17.9 Å². The van der Waals surface area contributed by atoms with Gasteiger partial charge in [0.15, 0.2) is 11.6 Å². The maximum absolute atomic E-state index is 12.8. The molecule has 0 fully saturated rings. The molecule has 0 unspecified atom stereocenters. The first-order valence-corrected chi connectivity index (χ1v) is 7.82. The van der Waals surface area contributed by atoms with Crippen LogP contribution in [0.15, 0.2) is 24.4 Å². The average Bonchev–Trinajstić information content (AvgIpc) is 3.18. The van der Waals surface area contributed by atoms with E-state index < -0.39 is 0 Å². The monoisotopic (exact) mass is 326 g/mol. The lowest BCUT2D eigenvalue weighted by Crippen LogP contribution is -2.41. The lowest BCUT2D eigenvalue weighted by Gasteiger charge is -2.32. The number of methoxy groups -OCH3 is 1. The first-order valence-electron chi connectivity index (χ1n) is 7.82. The number of fused-ring (bicyclic) bond motifs is 2. The number of amides is 1. The van der Waals surface area contributed by atoms with Crippen molar-refractivity contribution < 1.29 is 9.53 Å². The molecule has 1 aliphatic rings. The fourth-order valence-electron chi connectivity index (χ4n) is 3.24. The van der Waals surface area contributed by atoms with Crippen molar-refractivity contribution in [2.24, 2.45) is 0 Å². The van der Waals surface area contributed by atoms with E-state index in [2.05, 4.69) is 31.7 Å². The molecule has 124 valence electrons. The van der Waals surface area contributed by atoms with Gasteiger partial charge in [0.05, 0.1) is 12.6 Å². The fourth-order valence-corrected chi connectivity index (χ4v) is 3.24. The number of hydrogen-bond acceptors (Lipinski definition) is 5. The van der Waals surface area contributed by atoms with E-state index in [0.29, 0.717) is 25.4 Å². The SMILES string of the molecule is COCc1nnc2n1[C@@H](C)CN(C(=O)c1cc3cccnc3[nH]1)C2. The molecule has 3 aromatic heterocycles. The van der Waals surface area contributed by atoms with Crippen LogP contribution in [0.2, 0.25) is 0 Å². The highest BCUT2D eigenvalue weighted by Gasteiger charge is 2.30. The summed E-state index contributed by atoms with van der Waals surface area (Å²) in [5.74, 6) is 1.52. The van der Waals surface area contributed by atoms with E-state index in [1.54, 1.807) is 18.2 Å². The van der Waals surface area contributed by atoms with Gasteiger partial charge < -0.3 is 19.2 Å². The van der Waals surface area contributed by atoms with E-state index in [1.807, 2.05) is 18.2 Å². The molecule has 1 amide bonds. The van der Waals surface area contributed by atoms with E-state index in [-0.39, 0.29) is 11.9 Å². The van der Waals surface area contributed by atoms with Crippen LogP contribution in [0.25, 0.3) is 11.0 Å². The van der Waals surface area contributed by atoms with Crippen molar-refractivity contribution in [2.75, 3.05) is 13.7 Å². The van der Waals surface area contributed by atoms with Gasteiger partial charge in [0, 0.05) is 25.2 Å². The number of nitrogens with zero attached hydrogens (tertiary/aromatic N) is 5. The van der Waals surface area contributed by atoms with Crippen molar-refractivity contribution in [1.82, 2.24) is 29.6 Å². The van der Waals surface area contributed by atoms with Gasteiger partial charge in [-0.3, -0.25) is 4.79 Å². The highest BCUT2D eigenvalue weighted by molar-refractivity contribution is 5.97. The molecule has 0 spiro atoms. The Hall–Kier alpha value is -2.74. The number of aromatic nitrogens is 5. The average molecular weight is 326 g/mol. The van der Waals surface area contributed by atoms with Gasteiger partial charge in [-0.05, 0) is 25.1 Å². The third-order valence-electron chi connectivity index (χ3n) is 4.28. The van der Waals surface area contributed by atoms with Crippen LogP contribution in [0.3, 0.4) is 0 Å². The lowest BCUT2D eigenvalue weighted by atomic mass is 10.2. The molecular weight excluding hydrogens is 308 g/mol. The van der Waals surface area contributed by atoms with Crippen molar-refractivity contribution in [3.63, 3.8) is 0 Å². The molecule has 8 heteroatoms. The summed E-state index contributed by atoms with van der Waals surface area (Å²) in [6.45, 7) is 3.50. The third kappa shape index (κ3) is 2.35. The van der Waals surface area contributed by atoms with Gasteiger partial charge in [-0.25, -0.2) is 4.98 Å². The van der Waals surface area contributed by atoms with Crippen LogP contribution in [-0.4, -0.2) is 49.2 Å². The summed E-state index contributed by atoms with van der Waals surface area (Å²) >= 11 is 0. The second-order valence-electron chi connectivity index (χ2n) is 5.99. The van der Waals surface area contributed by atoms with E-state index >= 15 is 0 Å². The van der Waals surface area contributed by atoms with Crippen LogP contribution in [0.1, 0.15) is 35.1 Å². The predicted molar refractivity (Wildman–Crippen MR) is 86.3 cm³/mol. The Bertz CT molecular complexity index is 866. The summed E-state index contributed by atoms with van der Waals surface area (Å²) in [5.41, 5.74) is 1.26. The van der Waals surface area contributed by atoms with Gasteiger partial charge >= 0.3 is 0 Å². The Morgan fingerprint density at radius 1 is 1.46 bits per heavy atom. The lowest BCUT2D eigenvalue weighted by molar-refractivity contribution is 0.0670. The Balaban J connectivity index is 1.61. The van der Waals surface area contributed by atoms with E-state index in [4.69, 9.17) is 4.74 Å². The van der Waals surface area contributed by atoms with Crippen LogP contribution in [0.5, 0.6) is 0 Å². The number of H-pyrrole nitrogens is 1. The minimum Gasteiger partial charge on any atom is -0.377 e. The number of rotatable bonds is 3. The minimum atomic E-state index is -0.0533. The summed E-state index contributed by atoms with van der Waals surface area (Å²) < 4.78 is 7.22. The van der Waals surface area contributed by atoms with Crippen LogP contribution in [0.4, 0.5) is 0 Å². The zero-order valence-corrected chi connectivity index (χ0v) is 13.6. The topological polar surface area (TPSA) is 88.9 Å². The van der Waals surface area contributed by atoms with Gasteiger partial charge in [-0.15, -0.1) is 10.2 Å². The number of pyridine rings is 1. The Labute approximate surface area is 138 Å². The van der Waals surface area contributed by atoms with Gasteiger partial charge in [-0.1, -0.05) is 0 Å². The number of aromatic amines is 1. The van der Waals surface area contributed by atoms with Crippen molar-refractivity contribution in [3.8, 4) is 0 Å². The Kier molecular flexibility index (Phi) is 3.53. The third-order valence-corrected chi connectivity index (χ3v) is 4.28. The number of ether oxygens (including phenoxy) is 1. The highest BCUT2D eigenvalue weighted by atomic mass is 16.5. The number of carbonyl (C=O) groups is 1. The van der Waals surface area contributed by atoms with Crippen molar-refractivity contribution in [3.05, 3.63) is 41.7 Å². The highest BCUT2D eigenvalue weighted by Crippen LogP contribution is 2.24. The number of nitrogens with one attached hydrogen (secondary N) is 1. The van der Waals surface area contributed by atoms with E-state index in [1.165, 1.54) is 0 Å². The smallest absolute Gasteiger partial charge is 0.270 e. The largest absolute Gasteiger partial charge is 0.377 e. The van der Waals surface area contributed by atoms with Crippen LogP contribution >= 0.6 is 0 Å². The number of carbonyl (C=O) groups excluding carboxylic acids is 1. The molecule has 1 N–H and O–H groups in total. The molecule has 0 radical (unpaired) electrons. The maximum atomic E-state index is 12.8. The normalized spacial score (nSPS) is 17.2. The molecule has 0 saturated heterocycles. The zero-order valence-electron chi connectivity index (χ0n) is 13.6. The summed E-state index contributed by atoms with van der Waals surface area (Å²) in [7, 11) is 1.63. The number of hydrogen-bond donors (Lipinski definition) is 1. The zero-order chi connectivity index (χ0) is 16.7. The van der Waals surface area contributed by atoms with Gasteiger partial charge in [-0.2, -0.15) is 0 Å². The summed E-state index contributed by atoms with van der Waals surface area (Å²) in [6.07, 6.45) is 1.70. The molecular formula is C16H18N6O2. The van der Waals surface area contributed by atoms with Crippen molar-refractivity contribution in [2.45, 2.75) is 26.1 Å². The molecule has 4 rings (SSSR count). The van der Waals surface area contributed by atoms with Gasteiger partial charge in [0.2, 0.25) is 0 Å². The fraction of sp³-hybridized carbons (Fsp3) is 0.375. The molecule has 0 saturated carbocycles. The van der Waals surface area contributed by atoms with Crippen molar-refractivity contribution >= 4 is 16.9 Å². The molecule has 0 bridgehead atoms. The molecule has 8 nitrogen and oxygen atoms in total. The summed E-state index contributed by atoms with van der Waals surface area (Å²) in [6, 6.07) is 5.72. The minimum absolute atomic E-state index is 0.0533. The first-order chi connectivity index (χ1) is 11.7. The summed E-state index contributed by atoms with van der Waals surface area (Å²) in [5, 5.41) is 9.31. The summed E-state index contributed by atoms with van der Waals surface area (Å²) in [4.78, 5) is 22.0. The molecule has 1 atom stereocenters. The van der Waals surface area contributed by atoms with Crippen LogP contribution in [0, 0.1) is 0 Å². The van der Waals surface area contributed by atoms with Gasteiger partial charge in [0.1, 0.15) is 17.9 Å².